The van der Waals surface area contributed by atoms with E-state index in [1.165, 1.54) is 40.5 Å². The van der Waals surface area contributed by atoms with Crippen LogP contribution in [0.25, 0.3) is 0 Å². The van der Waals surface area contributed by atoms with Crippen molar-refractivity contribution in [3.8, 4) is 0 Å². The van der Waals surface area contributed by atoms with Crippen LogP contribution in [-0.4, -0.2) is 48.6 Å². The summed E-state index contributed by atoms with van der Waals surface area (Å²) in [6.07, 6.45) is 1.64. The van der Waals surface area contributed by atoms with Gasteiger partial charge in [0.15, 0.2) is 0 Å². The predicted octanol–water partition coefficient (Wildman–Crippen LogP) is 3.41. The molecular weight excluding hydrogens is 462 g/mol. The molecule has 8 nitrogen and oxygen atoms in total. The molecule has 3 rings (SSSR count). The van der Waals surface area contributed by atoms with Crippen molar-refractivity contribution in [2.45, 2.75) is 24.3 Å². The van der Waals surface area contributed by atoms with Crippen molar-refractivity contribution >= 4 is 37.5 Å². The van der Waals surface area contributed by atoms with Crippen molar-refractivity contribution in [1.29, 1.82) is 0 Å². The van der Waals surface area contributed by atoms with E-state index in [9.17, 15) is 23.3 Å². The second kappa shape index (κ2) is 8.60. The molecule has 0 aliphatic carbocycles. The van der Waals surface area contributed by atoms with Gasteiger partial charge in [-0.1, -0.05) is 18.2 Å². The highest BCUT2D eigenvalue weighted by atomic mass is 79.9. The first-order valence-corrected chi connectivity index (χ1v) is 11.2. The Hall–Kier alpha value is -2.30. The number of amides is 1. The first-order chi connectivity index (χ1) is 13.7. The highest BCUT2D eigenvalue weighted by Gasteiger charge is 2.29. The highest BCUT2D eigenvalue weighted by Crippen LogP contribution is 2.27. The first kappa shape index (κ1) is 21.4. The van der Waals surface area contributed by atoms with Crippen LogP contribution in [0, 0.1) is 10.1 Å². The molecule has 2 aromatic carbocycles. The molecule has 2 aromatic rings. The third kappa shape index (κ3) is 4.49. The summed E-state index contributed by atoms with van der Waals surface area (Å²) in [5, 5.41) is 11.2. The minimum atomic E-state index is -3.66. The normalized spacial score (nSPS) is 14.7. The lowest BCUT2D eigenvalue weighted by Gasteiger charge is -2.20. The monoisotopic (exact) mass is 481 g/mol. The molecule has 0 saturated carbocycles. The van der Waals surface area contributed by atoms with Gasteiger partial charge in [-0.05, 0) is 47.0 Å². The number of rotatable bonds is 6. The van der Waals surface area contributed by atoms with Gasteiger partial charge in [0.1, 0.15) is 0 Å². The maximum Gasteiger partial charge on any atom is 0.274 e. The number of hydrogen-bond acceptors (Lipinski definition) is 5. The molecule has 0 bridgehead atoms. The van der Waals surface area contributed by atoms with E-state index in [2.05, 4.69) is 15.9 Å². The maximum atomic E-state index is 13.0. The van der Waals surface area contributed by atoms with Gasteiger partial charge in [-0.25, -0.2) is 8.42 Å². The lowest BCUT2D eigenvalue weighted by atomic mass is 10.1. The van der Waals surface area contributed by atoms with Crippen LogP contribution in [0.4, 0.5) is 5.69 Å². The second-order valence-electron chi connectivity index (χ2n) is 6.80. The van der Waals surface area contributed by atoms with Crippen molar-refractivity contribution < 1.29 is 18.1 Å². The summed E-state index contributed by atoms with van der Waals surface area (Å²) < 4.78 is 27.5. The number of nitrogens with zero attached hydrogens (tertiary/aromatic N) is 3. The molecule has 1 heterocycles. The molecule has 1 fully saturated rings. The van der Waals surface area contributed by atoms with E-state index >= 15 is 0 Å². The van der Waals surface area contributed by atoms with Crippen LogP contribution in [-0.2, 0) is 16.6 Å². The van der Waals surface area contributed by atoms with E-state index in [0.717, 1.165) is 12.8 Å². The molecule has 154 valence electrons. The number of sulfonamides is 1. The number of hydrogen-bond donors (Lipinski definition) is 0. The Balaban J connectivity index is 1.88. The van der Waals surface area contributed by atoms with E-state index < -0.39 is 20.9 Å². The smallest absolute Gasteiger partial charge is 0.274 e. The van der Waals surface area contributed by atoms with E-state index in [4.69, 9.17) is 0 Å². The van der Waals surface area contributed by atoms with Crippen molar-refractivity contribution in [1.82, 2.24) is 9.21 Å². The Kier molecular flexibility index (Phi) is 6.35. The molecule has 1 aliphatic heterocycles. The van der Waals surface area contributed by atoms with Gasteiger partial charge in [0.05, 0.1) is 21.9 Å². The third-order valence-corrected chi connectivity index (χ3v) is 7.40. The van der Waals surface area contributed by atoms with Crippen LogP contribution >= 0.6 is 15.9 Å². The van der Waals surface area contributed by atoms with Gasteiger partial charge in [-0.15, -0.1) is 0 Å². The van der Waals surface area contributed by atoms with Gasteiger partial charge in [-0.2, -0.15) is 4.31 Å². The van der Waals surface area contributed by atoms with E-state index in [1.807, 2.05) is 0 Å². The number of carbonyl (C=O) groups is 1. The average Bonchev–Trinajstić information content (AvgIpc) is 3.23. The van der Waals surface area contributed by atoms with Gasteiger partial charge in [0.2, 0.25) is 10.0 Å². The Morgan fingerprint density at radius 2 is 1.86 bits per heavy atom. The van der Waals surface area contributed by atoms with Crippen molar-refractivity contribution in [2.24, 2.45) is 0 Å². The largest absolute Gasteiger partial charge is 0.337 e. The topological polar surface area (TPSA) is 101 Å². The molecule has 0 atom stereocenters. The molecule has 29 heavy (non-hydrogen) atoms. The summed E-state index contributed by atoms with van der Waals surface area (Å²) in [5.74, 6) is -0.437. The lowest BCUT2D eigenvalue weighted by molar-refractivity contribution is -0.385. The zero-order chi connectivity index (χ0) is 21.2. The molecule has 1 amide bonds. The van der Waals surface area contributed by atoms with Crippen LogP contribution in [0.2, 0.25) is 0 Å². The number of para-hydroxylation sites is 1. The maximum absolute atomic E-state index is 13.0. The molecule has 0 spiro atoms. The van der Waals surface area contributed by atoms with Gasteiger partial charge in [0, 0.05) is 36.2 Å². The summed E-state index contributed by atoms with van der Waals surface area (Å²) >= 11 is 3.31. The Labute approximate surface area is 177 Å². The zero-order valence-electron chi connectivity index (χ0n) is 15.7. The van der Waals surface area contributed by atoms with E-state index in [0.29, 0.717) is 23.1 Å². The number of halogens is 1. The zero-order valence-corrected chi connectivity index (χ0v) is 18.1. The summed E-state index contributed by atoms with van der Waals surface area (Å²) in [7, 11) is -2.14. The van der Waals surface area contributed by atoms with E-state index in [-0.39, 0.29) is 22.7 Å². The molecular formula is C19H20BrN3O5S. The number of carbonyl (C=O) groups excluding carboxylic acids is 1. The Morgan fingerprint density at radius 1 is 1.21 bits per heavy atom. The Morgan fingerprint density at radius 3 is 2.52 bits per heavy atom. The van der Waals surface area contributed by atoms with Crippen LogP contribution in [0.5, 0.6) is 0 Å². The van der Waals surface area contributed by atoms with Crippen LogP contribution in [0.15, 0.2) is 51.8 Å². The van der Waals surface area contributed by atoms with Crippen molar-refractivity contribution in [3.63, 3.8) is 0 Å². The number of nitro benzene ring substituents is 1. The number of nitro groups is 1. The average molecular weight is 482 g/mol. The van der Waals surface area contributed by atoms with Crippen molar-refractivity contribution in [3.05, 3.63) is 68.2 Å². The number of benzene rings is 2. The van der Waals surface area contributed by atoms with Gasteiger partial charge in [-0.3, -0.25) is 14.9 Å². The molecule has 0 N–H and O–H groups in total. The SMILES string of the molecule is CN(Cc1ccccc1[N+](=O)[O-])C(=O)c1cc(S(=O)(=O)N2CCCC2)ccc1Br. The molecule has 0 aromatic heterocycles. The van der Waals surface area contributed by atoms with Gasteiger partial charge >= 0.3 is 0 Å². The minimum absolute atomic E-state index is 0.0194. The van der Waals surface area contributed by atoms with Gasteiger partial charge < -0.3 is 4.90 Å². The van der Waals surface area contributed by atoms with Crippen LogP contribution in [0.3, 0.4) is 0 Å². The Bertz CT molecular complexity index is 1050. The molecule has 1 saturated heterocycles. The van der Waals surface area contributed by atoms with Gasteiger partial charge in [0.25, 0.3) is 11.6 Å². The fraction of sp³-hybridized carbons (Fsp3) is 0.316. The van der Waals surface area contributed by atoms with Crippen LogP contribution < -0.4 is 0 Å². The van der Waals surface area contributed by atoms with E-state index in [1.54, 1.807) is 18.2 Å². The standard InChI is InChI=1S/C19H20BrN3O5S/c1-21(13-14-6-2-3-7-18(14)23(25)26)19(24)16-12-15(8-9-17(16)20)29(27,28)22-10-4-5-11-22/h2-3,6-9,12H,4-5,10-11,13H2,1H3. The molecule has 10 heteroatoms. The predicted molar refractivity (Wildman–Crippen MR) is 111 cm³/mol. The van der Waals surface area contributed by atoms with Crippen molar-refractivity contribution in [2.75, 3.05) is 20.1 Å². The third-order valence-electron chi connectivity index (χ3n) is 4.81. The quantitative estimate of drug-likeness (QED) is 0.464. The molecule has 1 aliphatic rings. The first-order valence-electron chi connectivity index (χ1n) is 8.99. The fourth-order valence-electron chi connectivity index (χ4n) is 3.26. The minimum Gasteiger partial charge on any atom is -0.337 e. The molecule has 0 radical (unpaired) electrons. The second-order valence-corrected chi connectivity index (χ2v) is 9.59. The summed E-state index contributed by atoms with van der Waals surface area (Å²) in [6, 6.07) is 10.6. The van der Waals surface area contributed by atoms with Crippen LogP contribution in [0.1, 0.15) is 28.8 Å². The lowest BCUT2D eigenvalue weighted by Crippen LogP contribution is -2.29. The fourth-order valence-corrected chi connectivity index (χ4v) is 5.22. The summed E-state index contributed by atoms with van der Waals surface area (Å²) in [4.78, 5) is 25.1. The highest BCUT2D eigenvalue weighted by molar-refractivity contribution is 9.10. The summed E-state index contributed by atoms with van der Waals surface area (Å²) in [5.41, 5.74) is 0.508. The molecule has 0 unspecified atom stereocenters. The summed E-state index contributed by atoms with van der Waals surface area (Å²) in [6.45, 7) is 0.962.